The second-order valence-corrected chi connectivity index (χ2v) is 6.71. The summed E-state index contributed by atoms with van der Waals surface area (Å²) < 4.78 is 0. The molecule has 0 unspecified atom stereocenters. The maximum atomic E-state index is 3.46. The molecule has 1 N–H and O–H groups in total. The van der Waals surface area contributed by atoms with E-state index in [0.717, 1.165) is 12.5 Å². The molecular weight excluding hydrogens is 258 g/mol. The second kappa shape index (κ2) is 7.28. The average Bonchev–Trinajstić information content (AvgIpc) is 3.03. The molecule has 0 bridgehead atoms. The first-order chi connectivity index (χ1) is 10.3. The van der Waals surface area contributed by atoms with Gasteiger partial charge in [-0.25, -0.2) is 0 Å². The lowest BCUT2D eigenvalue weighted by atomic mass is 9.97. The van der Waals surface area contributed by atoms with Gasteiger partial charge in [0.25, 0.3) is 0 Å². The maximum absolute atomic E-state index is 3.46. The molecule has 0 spiro atoms. The first-order valence-corrected chi connectivity index (χ1v) is 8.55. The largest absolute Gasteiger partial charge is 0.371 e. The standard InChI is InChI=1S/C18H29N3/c1-20(14-16-8-10-19-11-9-16)15-17-6-2-3-7-18(17)21-12-4-5-13-21/h2-3,6-7,16,19H,4-5,8-15H2,1H3. The normalized spacial score (nSPS) is 20.4. The van der Waals surface area contributed by atoms with E-state index in [-0.39, 0.29) is 0 Å². The lowest BCUT2D eigenvalue weighted by molar-refractivity contribution is 0.234. The van der Waals surface area contributed by atoms with Crippen molar-refractivity contribution in [3.8, 4) is 0 Å². The summed E-state index contributed by atoms with van der Waals surface area (Å²) in [4.78, 5) is 5.08. The monoisotopic (exact) mass is 287 g/mol. The van der Waals surface area contributed by atoms with E-state index in [4.69, 9.17) is 0 Å². The van der Waals surface area contributed by atoms with Gasteiger partial charge < -0.3 is 15.1 Å². The van der Waals surface area contributed by atoms with Crippen LogP contribution in [0.4, 0.5) is 5.69 Å². The molecule has 2 fully saturated rings. The number of nitrogens with zero attached hydrogens (tertiary/aromatic N) is 2. The third kappa shape index (κ3) is 3.98. The van der Waals surface area contributed by atoms with Gasteiger partial charge >= 0.3 is 0 Å². The van der Waals surface area contributed by atoms with Crippen molar-refractivity contribution in [3.05, 3.63) is 29.8 Å². The third-order valence-electron chi connectivity index (χ3n) is 4.91. The van der Waals surface area contributed by atoms with E-state index in [0.29, 0.717) is 0 Å². The van der Waals surface area contributed by atoms with Crippen molar-refractivity contribution in [2.24, 2.45) is 5.92 Å². The van der Waals surface area contributed by atoms with E-state index >= 15 is 0 Å². The number of nitrogens with one attached hydrogen (secondary N) is 1. The highest BCUT2D eigenvalue weighted by Gasteiger charge is 2.18. The minimum absolute atomic E-state index is 0.871. The zero-order valence-corrected chi connectivity index (χ0v) is 13.4. The second-order valence-electron chi connectivity index (χ2n) is 6.71. The van der Waals surface area contributed by atoms with Gasteiger partial charge in [-0.2, -0.15) is 0 Å². The van der Waals surface area contributed by atoms with Crippen LogP contribution in [0.3, 0.4) is 0 Å². The molecule has 3 heteroatoms. The van der Waals surface area contributed by atoms with Gasteiger partial charge in [0, 0.05) is 31.9 Å². The Bertz CT molecular complexity index is 434. The van der Waals surface area contributed by atoms with Gasteiger partial charge in [-0.15, -0.1) is 0 Å². The Morgan fingerprint density at radius 3 is 2.62 bits per heavy atom. The number of anilines is 1. The molecule has 0 radical (unpaired) electrons. The van der Waals surface area contributed by atoms with Crippen molar-refractivity contribution >= 4 is 5.69 Å². The topological polar surface area (TPSA) is 18.5 Å². The van der Waals surface area contributed by atoms with Crippen molar-refractivity contribution in [2.45, 2.75) is 32.2 Å². The van der Waals surface area contributed by atoms with Crippen LogP contribution in [0, 0.1) is 5.92 Å². The van der Waals surface area contributed by atoms with Crippen LogP contribution in [-0.4, -0.2) is 44.7 Å². The fraction of sp³-hybridized carbons (Fsp3) is 0.667. The number of para-hydroxylation sites is 1. The van der Waals surface area contributed by atoms with Gasteiger partial charge in [-0.1, -0.05) is 18.2 Å². The molecule has 3 rings (SSSR count). The van der Waals surface area contributed by atoms with Crippen LogP contribution in [0.5, 0.6) is 0 Å². The van der Waals surface area contributed by atoms with Crippen molar-refractivity contribution in [3.63, 3.8) is 0 Å². The van der Waals surface area contributed by atoms with E-state index in [1.807, 2.05) is 0 Å². The predicted octanol–water partition coefficient (Wildman–Crippen LogP) is 2.72. The zero-order chi connectivity index (χ0) is 14.5. The first kappa shape index (κ1) is 14.9. The van der Waals surface area contributed by atoms with Crippen LogP contribution in [0.15, 0.2) is 24.3 Å². The molecule has 2 aliphatic rings. The SMILES string of the molecule is CN(Cc1ccccc1N1CCCC1)CC1CCNCC1. The highest BCUT2D eigenvalue weighted by molar-refractivity contribution is 5.54. The molecule has 0 aliphatic carbocycles. The van der Waals surface area contributed by atoms with Crippen LogP contribution in [0.25, 0.3) is 0 Å². The van der Waals surface area contributed by atoms with Gasteiger partial charge in [0.2, 0.25) is 0 Å². The molecule has 2 heterocycles. The molecule has 2 aliphatic heterocycles. The maximum Gasteiger partial charge on any atom is 0.0411 e. The van der Waals surface area contributed by atoms with E-state index in [1.54, 1.807) is 0 Å². The predicted molar refractivity (Wildman–Crippen MR) is 89.8 cm³/mol. The number of hydrogen-bond acceptors (Lipinski definition) is 3. The number of hydrogen-bond donors (Lipinski definition) is 1. The van der Waals surface area contributed by atoms with Gasteiger partial charge in [0.15, 0.2) is 0 Å². The van der Waals surface area contributed by atoms with E-state index in [9.17, 15) is 0 Å². The van der Waals surface area contributed by atoms with E-state index < -0.39 is 0 Å². The van der Waals surface area contributed by atoms with Crippen LogP contribution in [0.2, 0.25) is 0 Å². The highest BCUT2D eigenvalue weighted by atomic mass is 15.2. The minimum atomic E-state index is 0.871. The number of rotatable bonds is 5. The molecule has 0 aromatic heterocycles. The molecule has 1 aromatic carbocycles. The van der Waals surface area contributed by atoms with Crippen LogP contribution >= 0.6 is 0 Å². The van der Waals surface area contributed by atoms with E-state index in [1.165, 1.54) is 69.7 Å². The summed E-state index contributed by atoms with van der Waals surface area (Å²) in [5.74, 6) is 0.871. The Morgan fingerprint density at radius 2 is 1.86 bits per heavy atom. The molecule has 0 atom stereocenters. The molecular formula is C18H29N3. The quantitative estimate of drug-likeness (QED) is 0.898. The first-order valence-electron chi connectivity index (χ1n) is 8.55. The van der Waals surface area contributed by atoms with Crippen molar-refractivity contribution in [1.29, 1.82) is 0 Å². The Morgan fingerprint density at radius 1 is 1.14 bits per heavy atom. The van der Waals surface area contributed by atoms with Crippen LogP contribution in [-0.2, 0) is 6.54 Å². The molecule has 3 nitrogen and oxygen atoms in total. The van der Waals surface area contributed by atoms with Gasteiger partial charge in [0.1, 0.15) is 0 Å². The summed E-state index contributed by atoms with van der Waals surface area (Å²) in [6.45, 7) is 7.17. The van der Waals surface area contributed by atoms with Gasteiger partial charge in [-0.05, 0) is 63.4 Å². The van der Waals surface area contributed by atoms with Gasteiger partial charge in [-0.3, -0.25) is 0 Å². The Kier molecular flexibility index (Phi) is 5.15. The molecule has 1 aromatic rings. The average molecular weight is 287 g/mol. The highest BCUT2D eigenvalue weighted by Crippen LogP contribution is 2.25. The third-order valence-corrected chi connectivity index (χ3v) is 4.91. The fourth-order valence-corrected chi connectivity index (χ4v) is 3.77. The Labute approximate surface area is 129 Å². The lowest BCUT2D eigenvalue weighted by Gasteiger charge is -2.29. The lowest BCUT2D eigenvalue weighted by Crippen LogP contribution is -2.34. The zero-order valence-electron chi connectivity index (χ0n) is 13.4. The van der Waals surface area contributed by atoms with Crippen LogP contribution in [0.1, 0.15) is 31.2 Å². The molecule has 2 saturated heterocycles. The van der Waals surface area contributed by atoms with Crippen molar-refractivity contribution < 1.29 is 0 Å². The molecule has 116 valence electrons. The summed E-state index contributed by atoms with van der Waals surface area (Å²) >= 11 is 0. The van der Waals surface area contributed by atoms with Gasteiger partial charge in [0.05, 0.1) is 0 Å². The minimum Gasteiger partial charge on any atom is -0.371 e. The summed E-state index contributed by atoms with van der Waals surface area (Å²) in [5, 5.41) is 3.46. The van der Waals surface area contributed by atoms with Crippen molar-refractivity contribution in [1.82, 2.24) is 10.2 Å². The van der Waals surface area contributed by atoms with Crippen LogP contribution < -0.4 is 10.2 Å². The summed E-state index contributed by atoms with van der Waals surface area (Å²) in [5.41, 5.74) is 2.96. The van der Waals surface area contributed by atoms with Crippen molar-refractivity contribution in [2.75, 3.05) is 44.7 Å². The summed E-state index contributed by atoms with van der Waals surface area (Å²) in [7, 11) is 2.28. The number of benzene rings is 1. The summed E-state index contributed by atoms with van der Waals surface area (Å²) in [6.07, 6.45) is 5.36. The molecule has 0 amide bonds. The summed E-state index contributed by atoms with van der Waals surface area (Å²) in [6, 6.07) is 8.99. The number of piperidine rings is 1. The Hall–Kier alpha value is -1.06. The van der Waals surface area contributed by atoms with E-state index in [2.05, 4.69) is 46.4 Å². The fourth-order valence-electron chi connectivity index (χ4n) is 3.77. The molecule has 21 heavy (non-hydrogen) atoms. The Balaban J connectivity index is 1.60. The molecule has 0 saturated carbocycles. The smallest absolute Gasteiger partial charge is 0.0411 e.